The summed E-state index contributed by atoms with van der Waals surface area (Å²) in [6.07, 6.45) is 0.427. The highest BCUT2D eigenvalue weighted by Crippen LogP contribution is 2.06. The fraction of sp³-hybridized carbons (Fsp3) is 0.400. The summed E-state index contributed by atoms with van der Waals surface area (Å²) in [5.41, 5.74) is 0.991. The largest absolute Gasteiger partial charge is 0.477 e. The lowest BCUT2D eigenvalue weighted by molar-refractivity contribution is -0.120. The van der Waals surface area contributed by atoms with Crippen molar-refractivity contribution in [2.75, 3.05) is 0 Å². The van der Waals surface area contributed by atoms with E-state index in [9.17, 15) is 9.59 Å². The topological polar surface area (TPSA) is 71.3 Å². The van der Waals surface area contributed by atoms with Crippen molar-refractivity contribution in [3.05, 3.63) is 23.5 Å². The monoisotopic (exact) mass is 210 g/mol. The summed E-state index contributed by atoms with van der Waals surface area (Å²) in [5, 5.41) is 11.5. The van der Waals surface area contributed by atoms with Crippen molar-refractivity contribution in [3.8, 4) is 0 Å². The van der Waals surface area contributed by atoms with Gasteiger partial charge in [-0.25, -0.2) is 4.79 Å². The number of hydrogen-bond donors (Lipinski definition) is 2. The predicted molar refractivity (Wildman–Crippen MR) is 54.5 cm³/mol. The fourth-order valence-electron chi connectivity index (χ4n) is 1.26. The Morgan fingerprint density at radius 3 is 2.60 bits per heavy atom. The summed E-state index contributed by atoms with van der Waals surface area (Å²) < 4.78 is 1.55. The zero-order chi connectivity index (χ0) is 11.4. The van der Waals surface area contributed by atoms with E-state index in [0.717, 1.165) is 5.69 Å². The third kappa shape index (κ3) is 2.59. The molecule has 0 saturated carbocycles. The molecule has 82 valence electrons. The van der Waals surface area contributed by atoms with Gasteiger partial charge in [0.05, 0.1) is 6.54 Å². The van der Waals surface area contributed by atoms with Crippen LogP contribution in [0, 0.1) is 0 Å². The summed E-state index contributed by atoms with van der Waals surface area (Å²) in [6, 6.07) is 3.22. The molecule has 1 heterocycles. The Morgan fingerprint density at radius 1 is 1.47 bits per heavy atom. The number of carbonyl (C=O) groups excluding carboxylic acids is 1. The van der Waals surface area contributed by atoms with Gasteiger partial charge in [0, 0.05) is 19.2 Å². The average molecular weight is 210 g/mol. The second-order valence-corrected chi connectivity index (χ2v) is 3.20. The van der Waals surface area contributed by atoms with E-state index in [1.807, 2.05) is 0 Å². The Bertz CT molecular complexity index is 382. The summed E-state index contributed by atoms with van der Waals surface area (Å²) in [6.45, 7) is 2.12. The second-order valence-electron chi connectivity index (χ2n) is 3.20. The highest BCUT2D eigenvalue weighted by Gasteiger charge is 2.10. The Kier molecular flexibility index (Phi) is 3.49. The molecule has 0 spiro atoms. The van der Waals surface area contributed by atoms with Crippen molar-refractivity contribution >= 4 is 11.9 Å². The number of nitrogens with one attached hydrogen (secondary N) is 1. The van der Waals surface area contributed by atoms with E-state index >= 15 is 0 Å². The molecule has 0 aromatic carbocycles. The fourth-order valence-corrected chi connectivity index (χ4v) is 1.26. The number of nitrogens with zero attached hydrogens (tertiary/aromatic N) is 1. The van der Waals surface area contributed by atoms with Crippen molar-refractivity contribution < 1.29 is 14.7 Å². The van der Waals surface area contributed by atoms with E-state index in [1.54, 1.807) is 24.6 Å². The maximum atomic E-state index is 11.0. The molecule has 0 unspecified atom stereocenters. The Hall–Kier alpha value is -1.78. The molecule has 1 aromatic heterocycles. The Morgan fingerprint density at radius 2 is 2.13 bits per heavy atom. The van der Waals surface area contributed by atoms with Crippen molar-refractivity contribution in [2.24, 2.45) is 7.05 Å². The maximum Gasteiger partial charge on any atom is 0.352 e. The van der Waals surface area contributed by atoms with Crippen LogP contribution in [0.1, 0.15) is 29.5 Å². The van der Waals surface area contributed by atoms with Crippen LogP contribution in [0.15, 0.2) is 12.1 Å². The first kappa shape index (κ1) is 11.3. The molecule has 0 fully saturated rings. The van der Waals surface area contributed by atoms with Gasteiger partial charge in [-0.3, -0.25) is 4.79 Å². The molecule has 1 rings (SSSR count). The number of hydrogen-bond acceptors (Lipinski definition) is 2. The zero-order valence-electron chi connectivity index (χ0n) is 8.78. The number of aromatic nitrogens is 1. The lowest BCUT2D eigenvalue weighted by Gasteiger charge is -2.06. The van der Waals surface area contributed by atoms with Gasteiger partial charge in [-0.15, -0.1) is 0 Å². The molecule has 1 amide bonds. The van der Waals surface area contributed by atoms with E-state index in [1.165, 1.54) is 6.07 Å². The average Bonchev–Trinajstić information content (AvgIpc) is 2.56. The summed E-state index contributed by atoms with van der Waals surface area (Å²) in [4.78, 5) is 21.7. The molecule has 0 aliphatic heterocycles. The van der Waals surface area contributed by atoms with Gasteiger partial charge in [-0.2, -0.15) is 0 Å². The van der Waals surface area contributed by atoms with Crippen LogP contribution in [0.2, 0.25) is 0 Å². The SMILES string of the molecule is CCC(=O)NCc1ccc(C(=O)O)n1C. The van der Waals surface area contributed by atoms with Gasteiger partial charge in [0.1, 0.15) is 5.69 Å². The molecule has 5 nitrogen and oxygen atoms in total. The van der Waals surface area contributed by atoms with E-state index in [0.29, 0.717) is 13.0 Å². The van der Waals surface area contributed by atoms with Gasteiger partial charge in [0.15, 0.2) is 0 Å². The van der Waals surface area contributed by atoms with Gasteiger partial charge in [-0.1, -0.05) is 6.92 Å². The van der Waals surface area contributed by atoms with Gasteiger partial charge < -0.3 is 15.0 Å². The number of aromatic carboxylic acids is 1. The molecule has 15 heavy (non-hydrogen) atoms. The minimum atomic E-state index is -0.967. The van der Waals surface area contributed by atoms with E-state index in [2.05, 4.69) is 5.32 Å². The number of carbonyl (C=O) groups is 2. The molecular weight excluding hydrogens is 196 g/mol. The van der Waals surface area contributed by atoms with E-state index in [4.69, 9.17) is 5.11 Å². The van der Waals surface area contributed by atoms with Crippen LogP contribution < -0.4 is 5.32 Å². The standard InChI is InChI=1S/C10H14N2O3/c1-3-9(13)11-6-7-4-5-8(10(14)15)12(7)2/h4-5H,3,6H2,1-2H3,(H,11,13)(H,14,15). The molecule has 0 aliphatic carbocycles. The number of carboxylic acid groups (broad SMARTS) is 1. The molecular formula is C10H14N2O3. The van der Waals surface area contributed by atoms with E-state index in [-0.39, 0.29) is 11.6 Å². The molecule has 1 aromatic rings. The first-order valence-corrected chi connectivity index (χ1v) is 4.70. The summed E-state index contributed by atoms with van der Waals surface area (Å²) in [5.74, 6) is -1.02. The van der Waals surface area contributed by atoms with Crippen LogP contribution in [0.3, 0.4) is 0 Å². The van der Waals surface area contributed by atoms with Crippen LogP contribution in [0.4, 0.5) is 0 Å². The quantitative estimate of drug-likeness (QED) is 0.770. The number of amides is 1. The number of carboxylic acids is 1. The Labute approximate surface area is 87.7 Å². The van der Waals surface area contributed by atoms with Crippen LogP contribution in [-0.4, -0.2) is 21.6 Å². The molecule has 0 aliphatic rings. The summed E-state index contributed by atoms with van der Waals surface area (Å²) in [7, 11) is 1.66. The minimum Gasteiger partial charge on any atom is -0.477 e. The van der Waals surface area contributed by atoms with Gasteiger partial charge in [0.2, 0.25) is 5.91 Å². The second kappa shape index (κ2) is 4.63. The third-order valence-corrected chi connectivity index (χ3v) is 2.23. The smallest absolute Gasteiger partial charge is 0.352 e. The maximum absolute atomic E-state index is 11.0. The van der Waals surface area contributed by atoms with Crippen LogP contribution in [0.25, 0.3) is 0 Å². The predicted octanol–water partition coefficient (Wildman–Crippen LogP) is 0.749. The van der Waals surface area contributed by atoms with Crippen LogP contribution >= 0.6 is 0 Å². The van der Waals surface area contributed by atoms with Crippen molar-refractivity contribution in [1.82, 2.24) is 9.88 Å². The molecule has 0 saturated heterocycles. The molecule has 0 atom stereocenters. The zero-order valence-corrected chi connectivity index (χ0v) is 8.78. The highest BCUT2D eigenvalue weighted by atomic mass is 16.4. The molecule has 0 bridgehead atoms. The van der Waals surface area contributed by atoms with Crippen LogP contribution in [-0.2, 0) is 18.4 Å². The molecule has 0 radical (unpaired) electrons. The molecule has 5 heteroatoms. The van der Waals surface area contributed by atoms with Gasteiger partial charge in [0.25, 0.3) is 0 Å². The lowest BCUT2D eigenvalue weighted by atomic mass is 10.4. The highest BCUT2D eigenvalue weighted by molar-refractivity contribution is 5.86. The summed E-state index contributed by atoms with van der Waals surface area (Å²) >= 11 is 0. The number of rotatable bonds is 4. The third-order valence-electron chi connectivity index (χ3n) is 2.23. The van der Waals surface area contributed by atoms with Crippen molar-refractivity contribution in [3.63, 3.8) is 0 Å². The van der Waals surface area contributed by atoms with Gasteiger partial charge in [-0.05, 0) is 12.1 Å². The van der Waals surface area contributed by atoms with Gasteiger partial charge >= 0.3 is 5.97 Å². The van der Waals surface area contributed by atoms with Crippen molar-refractivity contribution in [1.29, 1.82) is 0 Å². The van der Waals surface area contributed by atoms with Crippen molar-refractivity contribution in [2.45, 2.75) is 19.9 Å². The molecule has 2 N–H and O–H groups in total. The Balaban J connectivity index is 2.71. The minimum absolute atomic E-state index is 0.0481. The van der Waals surface area contributed by atoms with Crippen LogP contribution in [0.5, 0.6) is 0 Å². The first-order valence-electron chi connectivity index (χ1n) is 4.70. The lowest BCUT2D eigenvalue weighted by Crippen LogP contribution is -2.23. The normalized spacial score (nSPS) is 10.0. The first-order chi connectivity index (χ1) is 7.06. The van der Waals surface area contributed by atoms with E-state index < -0.39 is 5.97 Å².